The Morgan fingerprint density at radius 3 is 2.13 bits per heavy atom. The lowest BCUT2D eigenvalue weighted by Crippen LogP contribution is -2.33. The Balaban J connectivity index is 1.74. The fraction of sp³-hybridized carbons (Fsp3) is 0.120. The van der Waals surface area contributed by atoms with Gasteiger partial charge in [0.25, 0.3) is 10.9 Å². The van der Waals surface area contributed by atoms with Gasteiger partial charge in [-0.05, 0) is 41.8 Å². The molecule has 0 aromatic heterocycles. The van der Waals surface area contributed by atoms with E-state index in [-0.39, 0.29) is 23.6 Å². The number of benzene rings is 3. The van der Waals surface area contributed by atoms with Gasteiger partial charge in [0, 0.05) is 11.7 Å². The van der Waals surface area contributed by atoms with E-state index in [9.17, 15) is 19.1 Å². The molecule has 0 aliphatic rings. The molecule has 6 heteroatoms. The molecule has 0 saturated carbocycles. The monoisotopic (exact) mass is 416 g/mol. The highest BCUT2D eigenvalue weighted by atomic mass is 19.1. The summed E-state index contributed by atoms with van der Waals surface area (Å²) in [6, 6.07) is 23.0. The minimum Gasteiger partial charge on any atom is -0.502 e. The van der Waals surface area contributed by atoms with Crippen LogP contribution in [-0.4, -0.2) is 5.11 Å². The van der Waals surface area contributed by atoms with Gasteiger partial charge in [0.15, 0.2) is 5.75 Å². The van der Waals surface area contributed by atoms with Crippen molar-refractivity contribution in [2.75, 3.05) is 5.32 Å². The fourth-order valence-electron chi connectivity index (χ4n) is 3.60. The molecule has 4 aromatic rings. The molecule has 3 N–H and O–H groups in total. The normalized spacial score (nSPS) is 13.1. The van der Waals surface area contributed by atoms with Crippen LogP contribution < -0.4 is 21.5 Å². The molecule has 0 spiro atoms. The van der Waals surface area contributed by atoms with Crippen molar-refractivity contribution in [3.63, 3.8) is 0 Å². The van der Waals surface area contributed by atoms with Gasteiger partial charge in [0.2, 0.25) is 0 Å². The second-order valence-electron chi connectivity index (χ2n) is 7.38. The zero-order chi connectivity index (χ0) is 22.0. The quantitative estimate of drug-likeness (QED) is 0.391. The van der Waals surface area contributed by atoms with Crippen LogP contribution in [0.3, 0.4) is 0 Å². The third-order valence-corrected chi connectivity index (χ3v) is 5.34. The van der Waals surface area contributed by atoms with Gasteiger partial charge < -0.3 is 10.4 Å². The number of anilines is 2. The summed E-state index contributed by atoms with van der Waals surface area (Å²) in [6.07, 6.45) is 0. The average molecular weight is 416 g/mol. The summed E-state index contributed by atoms with van der Waals surface area (Å²) < 4.78 is 13.6. The first-order chi connectivity index (χ1) is 15.0. The van der Waals surface area contributed by atoms with Gasteiger partial charge in [-0.25, -0.2) is 4.39 Å². The molecule has 0 fully saturated rings. The first kappa shape index (κ1) is 20.5. The molecule has 31 heavy (non-hydrogen) atoms. The Morgan fingerprint density at radius 1 is 0.806 bits per heavy atom. The topological polar surface area (TPSA) is 78.4 Å². The molecule has 5 nitrogen and oxygen atoms in total. The molecule has 0 radical (unpaired) electrons. The Hall–Kier alpha value is -3.77. The van der Waals surface area contributed by atoms with E-state index in [1.807, 2.05) is 49.4 Å². The molecule has 4 rings (SSSR count). The van der Waals surface area contributed by atoms with Crippen LogP contribution in [0.25, 0.3) is 0 Å². The molecule has 0 saturated heterocycles. The van der Waals surface area contributed by atoms with Crippen LogP contribution in [0.15, 0.2) is 88.5 Å². The molecular formula is C25H21FN2O3. The number of hydrogen-bond donors (Lipinski definition) is 3. The van der Waals surface area contributed by atoms with E-state index in [2.05, 4.69) is 10.6 Å². The van der Waals surface area contributed by atoms with Gasteiger partial charge >= 0.3 is 0 Å². The first-order valence-corrected chi connectivity index (χ1v) is 9.90. The molecule has 0 aliphatic carbocycles. The predicted molar refractivity (Wildman–Crippen MR) is 119 cm³/mol. The summed E-state index contributed by atoms with van der Waals surface area (Å²) in [5.74, 6) is -0.901. The summed E-state index contributed by atoms with van der Waals surface area (Å²) >= 11 is 0. The lowest BCUT2D eigenvalue weighted by molar-refractivity contribution is 0.466. The maximum absolute atomic E-state index is 13.6. The SMILES string of the molecule is C[C@@H](NC(c1ccc(F)cc1)c1ccccc1Nc1c(O)c(=O)c1=O)c1ccccc1. The van der Waals surface area contributed by atoms with Crippen LogP contribution in [0.5, 0.6) is 5.75 Å². The van der Waals surface area contributed by atoms with E-state index < -0.39 is 16.6 Å². The van der Waals surface area contributed by atoms with Crippen LogP contribution in [0.1, 0.15) is 35.7 Å². The van der Waals surface area contributed by atoms with E-state index in [0.717, 1.165) is 16.7 Å². The minimum absolute atomic E-state index is 0.0381. The summed E-state index contributed by atoms with van der Waals surface area (Å²) in [5, 5.41) is 16.2. The predicted octanol–water partition coefficient (Wildman–Crippen LogP) is 4.31. The van der Waals surface area contributed by atoms with Gasteiger partial charge in [0.1, 0.15) is 11.5 Å². The number of hydrogen-bond acceptors (Lipinski definition) is 5. The maximum Gasteiger partial charge on any atom is 0.271 e. The van der Waals surface area contributed by atoms with E-state index in [1.165, 1.54) is 12.1 Å². The summed E-state index contributed by atoms with van der Waals surface area (Å²) in [5.41, 5.74) is 1.48. The number of rotatable bonds is 7. The van der Waals surface area contributed by atoms with Crippen LogP contribution >= 0.6 is 0 Å². The molecule has 0 aliphatic heterocycles. The maximum atomic E-state index is 13.6. The van der Waals surface area contributed by atoms with Crippen LogP contribution in [0, 0.1) is 5.82 Å². The van der Waals surface area contributed by atoms with Crippen molar-refractivity contribution in [1.29, 1.82) is 0 Å². The van der Waals surface area contributed by atoms with E-state index in [1.54, 1.807) is 24.3 Å². The van der Waals surface area contributed by atoms with E-state index in [0.29, 0.717) is 5.69 Å². The Morgan fingerprint density at radius 2 is 1.45 bits per heavy atom. The highest BCUT2D eigenvalue weighted by molar-refractivity contribution is 5.72. The molecule has 4 aromatic carbocycles. The van der Waals surface area contributed by atoms with Crippen molar-refractivity contribution in [3.05, 3.63) is 122 Å². The van der Waals surface area contributed by atoms with Crippen LogP contribution in [0.2, 0.25) is 0 Å². The largest absolute Gasteiger partial charge is 0.502 e. The Labute approximate surface area is 178 Å². The fourth-order valence-corrected chi connectivity index (χ4v) is 3.60. The zero-order valence-electron chi connectivity index (χ0n) is 16.8. The lowest BCUT2D eigenvalue weighted by Gasteiger charge is -2.27. The molecule has 1 unspecified atom stereocenters. The number of halogens is 1. The van der Waals surface area contributed by atoms with Crippen molar-refractivity contribution in [1.82, 2.24) is 5.32 Å². The molecule has 0 amide bonds. The van der Waals surface area contributed by atoms with Gasteiger partial charge in [0.05, 0.1) is 6.04 Å². The van der Waals surface area contributed by atoms with Gasteiger partial charge in [-0.3, -0.25) is 14.9 Å². The summed E-state index contributed by atoms with van der Waals surface area (Å²) in [6.45, 7) is 2.03. The number of para-hydroxylation sites is 1. The zero-order valence-corrected chi connectivity index (χ0v) is 16.8. The van der Waals surface area contributed by atoms with Gasteiger partial charge in [-0.1, -0.05) is 60.7 Å². The van der Waals surface area contributed by atoms with Crippen molar-refractivity contribution >= 4 is 11.4 Å². The van der Waals surface area contributed by atoms with E-state index in [4.69, 9.17) is 0 Å². The molecule has 0 heterocycles. The summed E-state index contributed by atoms with van der Waals surface area (Å²) in [4.78, 5) is 23.2. The second kappa shape index (κ2) is 8.53. The number of nitrogens with one attached hydrogen (secondary N) is 2. The first-order valence-electron chi connectivity index (χ1n) is 9.90. The molecule has 156 valence electrons. The highest BCUT2D eigenvalue weighted by Gasteiger charge is 2.24. The van der Waals surface area contributed by atoms with Crippen molar-refractivity contribution in [3.8, 4) is 5.75 Å². The number of aromatic hydroxyl groups is 1. The van der Waals surface area contributed by atoms with Crippen molar-refractivity contribution < 1.29 is 9.50 Å². The molecule has 2 atom stereocenters. The standard InChI is InChI=1S/C25H21FN2O3/c1-15(16-7-3-2-4-8-16)27-21(17-11-13-18(26)14-12-17)19-9-5-6-10-20(19)28-22-23(29)25(31)24(22)30/h2-15,21,27-29H,1H3/t15-,21?/m1/s1. The Kier molecular flexibility index (Phi) is 5.64. The minimum atomic E-state index is -0.897. The van der Waals surface area contributed by atoms with Crippen molar-refractivity contribution in [2.24, 2.45) is 0 Å². The van der Waals surface area contributed by atoms with Crippen LogP contribution in [-0.2, 0) is 0 Å². The Bertz CT molecular complexity index is 1260. The van der Waals surface area contributed by atoms with Gasteiger partial charge in [-0.15, -0.1) is 0 Å². The van der Waals surface area contributed by atoms with Gasteiger partial charge in [-0.2, -0.15) is 0 Å². The third-order valence-electron chi connectivity index (χ3n) is 5.34. The van der Waals surface area contributed by atoms with Crippen molar-refractivity contribution in [2.45, 2.75) is 19.0 Å². The highest BCUT2D eigenvalue weighted by Crippen LogP contribution is 2.33. The third kappa shape index (κ3) is 4.11. The molecular weight excluding hydrogens is 395 g/mol. The average Bonchev–Trinajstić information content (AvgIpc) is 2.81. The molecule has 0 bridgehead atoms. The van der Waals surface area contributed by atoms with E-state index >= 15 is 0 Å². The van der Waals surface area contributed by atoms with Crippen LogP contribution in [0.4, 0.5) is 15.8 Å². The second-order valence-corrected chi connectivity index (χ2v) is 7.38. The smallest absolute Gasteiger partial charge is 0.271 e. The summed E-state index contributed by atoms with van der Waals surface area (Å²) in [7, 11) is 0. The lowest BCUT2D eigenvalue weighted by atomic mass is 9.95.